The fourth-order valence-electron chi connectivity index (χ4n) is 0.731. The molecule has 0 bridgehead atoms. The molecule has 0 aliphatic carbocycles. The fourth-order valence-corrected chi connectivity index (χ4v) is 0.731. The maximum absolute atomic E-state index is 5.47. The lowest BCUT2D eigenvalue weighted by atomic mass is 10.3. The zero-order valence-corrected chi connectivity index (χ0v) is 6.00. The minimum absolute atomic E-state index is 0. The predicted octanol–water partition coefficient (Wildman–Crippen LogP) is 2.30. The second-order valence-corrected chi connectivity index (χ2v) is 2.00. The lowest BCUT2D eigenvalue weighted by Gasteiger charge is -2.01. The third-order valence-corrected chi connectivity index (χ3v) is 1.19. The SMILES string of the molecule is C.CCOc1ccc(N)cc1. The van der Waals surface area contributed by atoms with Crippen LogP contribution in [0.2, 0.25) is 0 Å². The van der Waals surface area contributed by atoms with Gasteiger partial charge >= 0.3 is 0 Å². The van der Waals surface area contributed by atoms with Crippen LogP contribution in [0.15, 0.2) is 24.3 Å². The average Bonchev–Trinajstić information content (AvgIpc) is 1.95. The van der Waals surface area contributed by atoms with Crippen LogP contribution in [0.1, 0.15) is 14.4 Å². The molecule has 0 radical (unpaired) electrons. The van der Waals surface area contributed by atoms with E-state index in [0.717, 1.165) is 11.4 Å². The van der Waals surface area contributed by atoms with Gasteiger partial charge in [0.05, 0.1) is 6.61 Å². The molecule has 1 aromatic carbocycles. The van der Waals surface area contributed by atoms with Crippen molar-refractivity contribution in [3.63, 3.8) is 0 Å². The Morgan fingerprint density at radius 3 is 2.27 bits per heavy atom. The minimum atomic E-state index is 0. The number of hydrogen-bond donors (Lipinski definition) is 1. The van der Waals surface area contributed by atoms with Gasteiger partial charge in [-0.3, -0.25) is 0 Å². The van der Waals surface area contributed by atoms with Gasteiger partial charge in [0, 0.05) is 5.69 Å². The van der Waals surface area contributed by atoms with Crippen molar-refractivity contribution >= 4 is 5.69 Å². The van der Waals surface area contributed by atoms with E-state index in [-0.39, 0.29) is 7.43 Å². The van der Waals surface area contributed by atoms with E-state index in [2.05, 4.69) is 0 Å². The molecule has 0 saturated carbocycles. The van der Waals surface area contributed by atoms with E-state index < -0.39 is 0 Å². The minimum Gasteiger partial charge on any atom is -0.494 e. The molecule has 0 heterocycles. The molecule has 1 aromatic rings. The van der Waals surface area contributed by atoms with Gasteiger partial charge in [0.15, 0.2) is 0 Å². The van der Waals surface area contributed by atoms with Crippen LogP contribution >= 0.6 is 0 Å². The summed E-state index contributed by atoms with van der Waals surface area (Å²) in [5, 5.41) is 0. The van der Waals surface area contributed by atoms with Gasteiger partial charge in [0.2, 0.25) is 0 Å². The molecule has 0 atom stereocenters. The summed E-state index contributed by atoms with van der Waals surface area (Å²) in [6, 6.07) is 7.37. The summed E-state index contributed by atoms with van der Waals surface area (Å²) >= 11 is 0. The Bertz CT molecular complexity index is 193. The van der Waals surface area contributed by atoms with Gasteiger partial charge in [-0.2, -0.15) is 0 Å². The van der Waals surface area contributed by atoms with Gasteiger partial charge < -0.3 is 10.5 Å². The van der Waals surface area contributed by atoms with Crippen molar-refractivity contribution in [1.82, 2.24) is 0 Å². The zero-order valence-electron chi connectivity index (χ0n) is 6.00. The average molecular weight is 153 g/mol. The van der Waals surface area contributed by atoms with Crippen LogP contribution in [0.3, 0.4) is 0 Å². The summed E-state index contributed by atoms with van der Waals surface area (Å²) in [7, 11) is 0. The Morgan fingerprint density at radius 2 is 1.82 bits per heavy atom. The van der Waals surface area contributed by atoms with Crippen molar-refractivity contribution in [3.8, 4) is 5.75 Å². The summed E-state index contributed by atoms with van der Waals surface area (Å²) in [5.74, 6) is 0.872. The normalized spacial score (nSPS) is 8.45. The summed E-state index contributed by atoms with van der Waals surface area (Å²) in [6.45, 7) is 2.65. The molecular weight excluding hydrogens is 138 g/mol. The molecule has 11 heavy (non-hydrogen) atoms. The van der Waals surface area contributed by atoms with Crippen molar-refractivity contribution in [1.29, 1.82) is 0 Å². The van der Waals surface area contributed by atoms with Crippen LogP contribution in [-0.2, 0) is 0 Å². The monoisotopic (exact) mass is 153 g/mol. The largest absolute Gasteiger partial charge is 0.494 e. The molecule has 0 aromatic heterocycles. The van der Waals surface area contributed by atoms with Crippen molar-refractivity contribution < 1.29 is 4.74 Å². The highest BCUT2D eigenvalue weighted by Gasteiger charge is 1.88. The molecule has 0 spiro atoms. The lowest BCUT2D eigenvalue weighted by Crippen LogP contribution is -1.91. The van der Waals surface area contributed by atoms with Gasteiger partial charge in [0.25, 0.3) is 0 Å². The van der Waals surface area contributed by atoms with Crippen LogP contribution in [0.5, 0.6) is 5.75 Å². The number of rotatable bonds is 2. The van der Waals surface area contributed by atoms with Crippen LogP contribution in [0, 0.1) is 0 Å². The van der Waals surface area contributed by atoms with E-state index in [1.807, 2.05) is 31.2 Å². The predicted molar refractivity (Wildman–Crippen MR) is 48.8 cm³/mol. The Morgan fingerprint density at radius 1 is 1.27 bits per heavy atom. The highest BCUT2D eigenvalue weighted by atomic mass is 16.5. The Balaban J connectivity index is 0.000001000. The quantitative estimate of drug-likeness (QED) is 0.662. The smallest absolute Gasteiger partial charge is 0.119 e. The summed E-state index contributed by atoms with van der Waals surface area (Å²) in [5.41, 5.74) is 6.23. The standard InChI is InChI=1S/C8H11NO.CH4/c1-2-10-8-5-3-7(9)4-6-8;/h3-6H,2,9H2,1H3;1H4. The number of nitrogens with two attached hydrogens (primary N) is 1. The lowest BCUT2D eigenvalue weighted by molar-refractivity contribution is 0.340. The summed E-state index contributed by atoms with van der Waals surface area (Å²) < 4.78 is 5.21. The molecule has 0 aliphatic rings. The molecular formula is C9H15NO. The van der Waals surface area contributed by atoms with Crippen LogP contribution < -0.4 is 10.5 Å². The van der Waals surface area contributed by atoms with Gasteiger partial charge in [-0.25, -0.2) is 0 Å². The van der Waals surface area contributed by atoms with Gasteiger partial charge in [-0.05, 0) is 31.2 Å². The van der Waals surface area contributed by atoms with Crippen molar-refractivity contribution in [2.75, 3.05) is 12.3 Å². The van der Waals surface area contributed by atoms with Gasteiger partial charge in [0.1, 0.15) is 5.75 Å². The maximum Gasteiger partial charge on any atom is 0.119 e. The number of hydrogen-bond acceptors (Lipinski definition) is 2. The van der Waals surface area contributed by atoms with E-state index in [1.54, 1.807) is 0 Å². The van der Waals surface area contributed by atoms with Crippen molar-refractivity contribution in [2.45, 2.75) is 14.4 Å². The van der Waals surface area contributed by atoms with E-state index in [0.29, 0.717) is 6.61 Å². The molecule has 62 valence electrons. The molecule has 1 rings (SSSR count). The molecule has 2 N–H and O–H groups in total. The van der Waals surface area contributed by atoms with Crippen LogP contribution in [0.4, 0.5) is 5.69 Å². The van der Waals surface area contributed by atoms with E-state index in [9.17, 15) is 0 Å². The van der Waals surface area contributed by atoms with Crippen LogP contribution in [-0.4, -0.2) is 6.61 Å². The first-order valence-corrected chi connectivity index (χ1v) is 3.31. The number of benzene rings is 1. The highest BCUT2D eigenvalue weighted by molar-refractivity contribution is 5.41. The molecule has 2 nitrogen and oxygen atoms in total. The molecule has 0 amide bonds. The zero-order chi connectivity index (χ0) is 7.40. The maximum atomic E-state index is 5.47. The summed E-state index contributed by atoms with van der Waals surface area (Å²) in [6.07, 6.45) is 0. The number of ether oxygens (including phenoxy) is 1. The second kappa shape index (κ2) is 4.61. The van der Waals surface area contributed by atoms with E-state index in [1.165, 1.54) is 0 Å². The molecule has 0 unspecified atom stereocenters. The van der Waals surface area contributed by atoms with Crippen molar-refractivity contribution in [3.05, 3.63) is 24.3 Å². The first kappa shape index (κ1) is 9.82. The second-order valence-electron chi connectivity index (χ2n) is 2.00. The van der Waals surface area contributed by atoms with Crippen LogP contribution in [0.25, 0.3) is 0 Å². The topological polar surface area (TPSA) is 35.2 Å². The Labute approximate surface area is 68.0 Å². The third-order valence-electron chi connectivity index (χ3n) is 1.19. The number of anilines is 1. The fraction of sp³-hybridized carbons (Fsp3) is 0.333. The third kappa shape index (κ3) is 2.94. The Kier molecular flexibility index (Phi) is 4.11. The highest BCUT2D eigenvalue weighted by Crippen LogP contribution is 2.12. The van der Waals surface area contributed by atoms with Crippen molar-refractivity contribution in [2.24, 2.45) is 0 Å². The van der Waals surface area contributed by atoms with E-state index in [4.69, 9.17) is 10.5 Å². The molecule has 0 saturated heterocycles. The molecule has 0 fully saturated rings. The van der Waals surface area contributed by atoms with Gasteiger partial charge in [-0.1, -0.05) is 7.43 Å². The number of nitrogen functional groups attached to an aromatic ring is 1. The van der Waals surface area contributed by atoms with Gasteiger partial charge in [-0.15, -0.1) is 0 Å². The Hall–Kier alpha value is -1.18. The van der Waals surface area contributed by atoms with E-state index >= 15 is 0 Å². The first-order chi connectivity index (χ1) is 4.83. The first-order valence-electron chi connectivity index (χ1n) is 3.31. The molecule has 0 aliphatic heterocycles. The molecule has 2 heteroatoms. The summed E-state index contributed by atoms with van der Waals surface area (Å²) in [4.78, 5) is 0.